The Labute approximate surface area is 395 Å². The second-order valence-corrected chi connectivity index (χ2v) is 19.1. The fourth-order valence-electron chi connectivity index (χ4n) is 12.2. The first kappa shape index (κ1) is 38.7. The van der Waals surface area contributed by atoms with Crippen LogP contribution in [-0.2, 0) is 5.41 Å². The second-order valence-electron chi connectivity index (χ2n) is 19.1. The van der Waals surface area contributed by atoms with Crippen molar-refractivity contribution in [1.29, 1.82) is 0 Å². The summed E-state index contributed by atoms with van der Waals surface area (Å²) in [6, 6.07) is 88.1. The van der Waals surface area contributed by atoms with E-state index in [-0.39, 0.29) is 5.41 Å². The van der Waals surface area contributed by atoms with Gasteiger partial charge in [-0.15, -0.1) is 0 Å². The summed E-state index contributed by atoms with van der Waals surface area (Å²) in [7, 11) is 0. The molecule has 318 valence electrons. The van der Waals surface area contributed by atoms with Gasteiger partial charge in [0.1, 0.15) is 0 Å². The maximum absolute atomic E-state index is 2.51. The number of hydrogen-bond acceptors (Lipinski definition) is 0. The zero-order valence-corrected chi connectivity index (χ0v) is 38.0. The molecule has 0 atom stereocenters. The van der Waals surface area contributed by atoms with Crippen molar-refractivity contribution in [2.45, 2.75) is 19.3 Å². The van der Waals surface area contributed by atoms with E-state index in [2.05, 4.69) is 255 Å². The Morgan fingerprint density at radius 1 is 0.279 bits per heavy atom. The fraction of sp³-hybridized carbons (Fsp3) is 0.0448. The molecular formula is C67H45N. The van der Waals surface area contributed by atoms with Crippen molar-refractivity contribution in [2.75, 3.05) is 0 Å². The Hall–Kier alpha value is -8.52. The summed E-state index contributed by atoms with van der Waals surface area (Å²) >= 11 is 0. The molecule has 0 saturated heterocycles. The van der Waals surface area contributed by atoms with E-state index in [4.69, 9.17) is 0 Å². The third kappa shape index (κ3) is 5.51. The van der Waals surface area contributed by atoms with Gasteiger partial charge < -0.3 is 4.57 Å². The molecule has 0 amide bonds. The Kier molecular flexibility index (Phi) is 8.40. The maximum atomic E-state index is 2.51. The van der Waals surface area contributed by atoms with Crippen LogP contribution in [0.2, 0.25) is 0 Å². The van der Waals surface area contributed by atoms with E-state index in [0.717, 1.165) is 0 Å². The lowest BCUT2D eigenvalue weighted by atomic mass is 9.75. The van der Waals surface area contributed by atoms with Gasteiger partial charge in [0, 0.05) is 16.2 Å². The SMILES string of the molecule is CC1(C)c2ccccc2-n2c3ccc(-c4c5ccccc5c(-c5ccc(-c6c7ccccc7c(-c7ccccc7-c7ccccc7)c7ccccc67)cc5)c5ccccc45)cc3c3cccc1c32. The number of para-hydroxylation sites is 2. The normalized spacial score (nSPS) is 13.0. The van der Waals surface area contributed by atoms with Crippen LogP contribution >= 0.6 is 0 Å². The molecule has 1 aliphatic heterocycles. The highest BCUT2D eigenvalue weighted by Gasteiger charge is 2.35. The molecule has 1 nitrogen and oxygen atoms in total. The molecule has 1 aromatic heterocycles. The first-order valence-corrected chi connectivity index (χ1v) is 23.8. The van der Waals surface area contributed by atoms with Crippen molar-refractivity contribution < 1.29 is 0 Å². The Bertz CT molecular complexity index is 4090. The largest absolute Gasteiger partial charge is 0.309 e. The minimum atomic E-state index is -0.106. The second kappa shape index (κ2) is 14.7. The van der Waals surface area contributed by atoms with Gasteiger partial charge in [-0.05, 0) is 128 Å². The number of fused-ring (bicyclic) bond motifs is 9. The minimum Gasteiger partial charge on any atom is -0.309 e. The molecule has 0 aliphatic carbocycles. The minimum absolute atomic E-state index is 0.106. The highest BCUT2D eigenvalue weighted by atomic mass is 15.0. The van der Waals surface area contributed by atoms with Gasteiger partial charge in [0.05, 0.1) is 16.7 Å². The first-order chi connectivity index (χ1) is 33.5. The van der Waals surface area contributed by atoms with Crippen LogP contribution in [0.25, 0.3) is 126 Å². The van der Waals surface area contributed by atoms with E-state index < -0.39 is 0 Å². The number of aromatic nitrogens is 1. The Morgan fingerprint density at radius 3 is 1.25 bits per heavy atom. The van der Waals surface area contributed by atoms with Gasteiger partial charge in [0.15, 0.2) is 0 Å². The molecule has 1 heteroatoms. The third-order valence-electron chi connectivity index (χ3n) is 15.2. The van der Waals surface area contributed by atoms with Gasteiger partial charge in [-0.25, -0.2) is 0 Å². The van der Waals surface area contributed by atoms with Crippen LogP contribution < -0.4 is 0 Å². The molecule has 0 radical (unpaired) electrons. The van der Waals surface area contributed by atoms with Crippen LogP contribution in [0.5, 0.6) is 0 Å². The average molecular weight is 864 g/mol. The molecule has 0 unspecified atom stereocenters. The van der Waals surface area contributed by atoms with E-state index in [1.807, 2.05) is 0 Å². The van der Waals surface area contributed by atoms with Gasteiger partial charge in [0.2, 0.25) is 0 Å². The number of nitrogens with zero attached hydrogens (tertiary/aromatic N) is 1. The maximum Gasteiger partial charge on any atom is 0.0582 e. The molecule has 12 aromatic carbocycles. The van der Waals surface area contributed by atoms with Gasteiger partial charge in [-0.2, -0.15) is 0 Å². The Balaban J connectivity index is 0.946. The molecule has 1 aliphatic rings. The van der Waals surface area contributed by atoms with Gasteiger partial charge >= 0.3 is 0 Å². The molecule has 0 saturated carbocycles. The summed E-state index contributed by atoms with van der Waals surface area (Å²) in [6.07, 6.45) is 0. The zero-order valence-electron chi connectivity index (χ0n) is 38.0. The summed E-state index contributed by atoms with van der Waals surface area (Å²) < 4.78 is 2.51. The van der Waals surface area contributed by atoms with E-state index in [0.29, 0.717) is 0 Å². The smallest absolute Gasteiger partial charge is 0.0582 e. The molecule has 0 bridgehead atoms. The van der Waals surface area contributed by atoms with Crippen molar-refractivity contribution in [3.05, 3.63) is 248 Å². The summed E-state index contributed by atoms with van der Waals surface area (Å²) in [6.45, 7) is 4.74. The highest BCUT2D eigenvalue weighted by molar-refractivity contribution is 6.24. The van der Waals surface area contributed by atoms with Crippen molar-refractivity contribution in [3.63, 3.8) is 0 Å². The van der Waals surface area contributed by atoms with Gasteiger partial charge in [0.25, 0.3) is 0 Å². The van der Waals surface area contributed by atoms with E-state index >= 15 is 0 Å². The summed E-state index contributed by atoms with van der Waals surface area (Å²) in [5.74, 6) is 0. The van der Waals surface area contributed by atoms with Crippen LogP contribution in [0.4, 0.5) is 0 Å². The lowest BCUT2D eigenvalue weighted by Crippen LogP contribution is -2.26. The van der Waals surface area contributed by atoms with Crippen molar-refractivity contribution in [3.8, 4) is 61.3 Å². The van der Waals surface area contributed by atoms with Crippen molar-refractivity contribution in [1.82, 2.24) is 4.57 Å². The summed E-state index contributed by atoms with van der Waals surface area (Å²) in [5.41, 5.74) is 18.9. The monoisotopic (exact) mass is 863 g/mol. The molecule has 2 heterocycles. The van der Waals surface area contributed by atoms with E-state index in [1.165, 1.54) is 137 Å². The fourth-order valence-corrected chi connectivity index (χ4v) is 12.2. The van der Waals surface area contributed by atoms with Gasteiger partial charge in [-0.3, -0.25) is 0 Å². The molecular weight excluding hydrogens is 819 g/mol. The molecule has 0 fully saturated rings. The molecule has 13 aromatic rings. The van der Waals surface area contributed by atoms with Crippen LogP contribution in [-0.4, -0.2) is 4.57 Å². The lowest BCUT2D eigenvalue weighted by molar-refractivity contribution is 0.630. The number of hydrogen-bond donors (Lipinski definition) is 0. The zero-order chi connectivity index (χ0) is 45.1. The standard InChI is InChI=1S/C67H45N/c1-67(2)58-32-16-17-34-61(58)68-60-40-39-45(41-57(60)56-31-18-33-59(67)66(56)68)64-50-25-10-8-23-48(50)62(49-24-9-11-26-51(49)64)43-35-37-44(38-36-43)63-52-27-12-14-29-54(52)65(55-30-15-13-28-53(55)63)47-22-7-6-21-46(47)42-19-4-3-5-20-42/h3-41H,1-2H3. The first-order valence-electron chi connectivity index (χ1n) is 23.8. The van der Waals surface area contributed by atoms with E-state index in [1.54, 1.807) is 0 Å². The Morgan fingerprint density at radius 2 is 0.691 bits per heavy atom. The van der Waals surface area contributed by atoms with Gasteiger partial charge in [-0.1, -0.05) is 232 Å². The summed E-state index contributed by atoms with van der Waals surface area (Å²) in [5, 5.41) is 12.6. The molecule has 0 spiro atoms. The molecule has 0 N–H and O–H groups in total. The van der Waals surface area contributed by atoms with Crippen LogP contribution in [0.1, 0.15) is 25.0 Å². The number of rotatable bonds is 5. The average Bonchev–Trinajstić information content (AvgIpc) is 3.73. The van der Waals surface area contributed by atoms with Crippen LogP contribution in [0.3, 0.4) is 0 Å². The summed E-state index contributed by atoms with van der Waals surface area (Å²) in [4.78, 5) is 0. The van der Waals surface area contributed by atoms with Crippen LogP contribution in [0, 0.1) is 0 Å². The third-order valence-corrected chi connectivity index (χ3v) is 15.2. The predicted octanol–water partition coefficient (Wildman–Crippen LogP) is 18.4. The topological polar surface area (TPSA) is 4.93 Å². The predicted molar refractivity (Wildman–Crippen MR) is 290 cm³/mol. The molecule has 68 heavy (non-hydrogen) atoms. The molecule has 14 rings (SSSR count). The van der Waals surface area contributed by atoms with Crippen molar-refractivity contribution >= 4 is 64.9 Å². The van der Waals surface area contributed by atoms with Crippen molar-refractivity contribution in [2.24, 2.45) is 0 Å². The number of benzene rings is 12. The highest BCUT2D eigenvalue weighted by Crippen LogP contribution is 2.51. The van der Waals surface area contributed by atoms with E-state index in [9.17, 15) is 0 Å². The van der Waals surface area contributed by atoms with Crippen LogP contribution in [0.15, 0.2) is 237 Å². The lowest BCUT2D eigenvalue weighted by Gasteiger charge is -2.34. The quantitative estimate of drug-likeness (QED) is 0.152.